The van der Waals surface area contributed by atoms with Gasteiger partial charge in [-0.3, -0.25) is 9.52 Å². The lowest BCUT2D eigenvalue weighted by Gasteiger charge is -2.18. The fourth-order valence-electron chi connectivity index (χ4n) is 3.56. The fraction of sp³-hybridized carbons (Fsp3) is 0.174. The molecule has 1 amide bonds. The van der Waals surface area contributed by atoms with Gasteiger partial charge in [-0.2, -0.15) is 0 Å². The molecule has 0 saturated carbocycles. The summed E-state index contributed by atoms with van der Waals surface area (Å²) in [5.41, 5.74) is 1.64. The van der Waals surface area contributed by atoms with Gasteiger partial charge in [0.15, 0.2) is 0 Å². The lowest BCUT2D eigenvalue weighted by Crippen LogP contribution is -2.31. The third-order valence-corrected chi connectivity index (χ3v) is 6.82. The Morgan fingerprint density at radius 2 is 1.71 bits per heavy atom. The van der Waals surface area contributed by atoms with E-state index in [1.54, 1.807) is 41.3 Å². The van der Waals surface area contributed by atoms with E-state index in [0.717, 1.165) is 12.1 Å². The molecule has 6 nitrogen and oxygen atoms in total. The molecule has 8 heteroatoms. The minimum absolute atomic E-state index is 0.0106. The molecule has 1 saturated heterocycles. The largest absolute Gasteiger partial charge is 0.380 e. The average molecular weight is 456 g/mol. The Bertz CT molecular complexity index is 1190. The van der Waals surface area contributed by atoms with Crippen molar-refractivity contribution in [3.05, 3.63) is 89.4 Å². The predicted molar refractivity (Wildman–Crippen MR) is 123 cm³/mol. The highest BCUT2D eigenvalue weighted by atomic mass is 35.5. The quantitative estimate of drug-likeness (QED) is 0.575. The van der Waals surface area contributed by atoms with Gasteiger partial charge in [-0.25, -0.2) is 8.42 Å². The fourth-order valence-corrected chi connectivity index (χ4v) is 4.92. The SMILES string of the molecule is O=C(c1cccc(S(=O)(=O)Nc2ccccc2Cl)c1)N1CCC(Nc2ccccc2)C1. The third-order valence-electron chi connectivity index (χ3n) is 5.13. The van der Waals surface area contributed by atoms with Gasteiger partial charge in [-0.05, 0) is 48.9 Å². The molecule has 0 bridgehead atoms. The first kappa shape index (κ1) is 21.2. The van der Waals surface area contributed by atoms with E-state index in [1.165, 1.54) is 12.1 Å². The minimum Gasteiger partial charge on any atom is -0.380 e. The first-order valence-electron chi connectivity index (χ1n) is 9.91. The van der Waals surface area contributed by atoms with E-state index in [0.29, 0.717) is 23.7 Å². The summed E-state index contributed by atoms with van der Waals surface area (Å²) in [5, 5.41) is 3.73. The van der Waals surface area contributed by atoms with Crippen molar-refractivity contribution < 1.29 is 13.2 Å². The number of sulfonamides is 1. The number of halogens is 1. The highest BCUT2D eigenvalue weighted by Crippen LogP contribution is 2.25. The zero-order chi connectivity index (χ0) is 21.8. The van der Waals surface area contributed by atoms with E-state index in [2.05, 4.69) is 10.0 Å². The van der Waals surface area contributed by atoms with Crippen LogP contribution in [0.2, 0.25) is 5.02 Å². The summed E-state index contributed by atoms with van der Waals surface area (Å²) in [6.07, 6.45) is 0.826. The maximum absolute atomic E-state index is 13.0. The second-order valence-corrected chi connectivity index (χ2v) is 9.45. The summed E-state index contributed by atoms with van der Waals surface area (Å²) < 4.78 is 28.1. The van der Waals surface area contributed by atoms with Crippen molar-refractivity contribution in [1.29, 1.82) is 0 Å². The summed E-state index contributed by atoms with van der Waals surface area (Å²) in [6, 6.07) is 22.7. The summed E-state index contributed by atoms with van der Waals surface area (Å²) in [7, 11) is -3.88. The Balaban J connectivity index is 1.46. The number of hydrogen-bond acceptors (Lipinski definition) is 4. The van der Waals surface area contributed by atoms with Crippen LogP contribution < -0.4 is 10.0 Å². The maximum Gasteiger partial charge on any atom is 0.261 e. The normalized spacial score (nSPS) is 16.2. The molecule has 1 fully saturated rings. The molecule has 1 aliphatic rings. The van der Waals surface area contributed by atoms with Crippen LogP contribution in [0.5, 0.6) is 0 Å². The van der Waals surface area contributed by atoms with Gasteiger partial charge in [0.2, 0.25) is 0 Å². The molecule has 1 heterocycles. The van der Waals surface area contributed by atoms with E-state index in [4.69, 9.17) is 11.6 Å². The van der Waals surface area contributed by atoms with Gasteiger partial charge in [0.05, 0.1) is 15.6 Å². The van der Waals surface area contributed by atoms with Crippen molar-refractivity contribution >= 4 is 38.9 Å². The number of likely N-dealkylation sites (tertiary alicyclic amines) is 1. The van der Waals surface area contributed by atoms with Crippen LogP contribution in [0.15, 0.2) is 83.8 Å². The summed E-state index contributed by atoms with van der Waals surface area (Å²) in [5.74, 6) is -0.188. The zero-order valence-electron chi connectivity index (χ0n) is 16.7. The monoisotopic (exact) mass is 455 g/mol. The molecule has 0 spiro atoms. The van der Waals surface area contributed by atoms with E-state index in [-0.39, 0.29) is 22.5 Å². The van der Waals surface area contributed by atoms with E-state index in [9.17, 15) is 13.2 Å². The van der Waals surface area contributed by atoms with Crippen molar-refractivity contribution in [2.45, 2.75) is 17.4 Å². The van der Waals surface area contributed by atoms with Crippen LogP contribution in [0.25, 0.3) is 0 Å². The molecule has 1 atom stereocenters. The predicted octanol–water partition coefficient (Wildman–Crippen LogP) is 4.47. The molecule has 2 N–H and O–H groups in total. The van der Waals surface area contributed by atoms with Crippen molar-refractivity contribution in [3.8, 4) is 0 Å². The zero-order valence-corrected chi connectivity index (χ0v) is 18.2. The highest BCUT2D eigenvalue weighted by molar-refractivity contribution is 7.92. The lowest BCUT2D eigenvalue weighted by atomic mass is 10.2. The number of rotatable bonds is 6. The van der Waals surface area contributed by atoms with Crippen LogP contribution in [0.3, 0.4) is 0 Å². The van der Waals surface area contributed by atoms with E-state index < -0.39 is 10.0 Å². The number of carbonyl (C=O) groups excluding carboxylic acids is 1. The van der Waals surface area contributed by atoms with E-state index >= 15 is 0 Å². The number of para-hydroxylation sites is 2. The first-order valence-corrected chi connectivity index (χ1v) is 11.8. The number of amides is 1. The van der Waals surface area contributed by atoms with E-state index in [1.807, 2.05) is 30.3 Å². The Morgan fingerprint density at radius 3 is 2.48 bits per heavy atom. The molecule has 3 aromatic carbocycles. The van der Waals surface area contributed by atoms with Crippen LogP contribution >= 0.6 is 11.6 Å². The van der Waals surface area contributed by atoms with Crippen molar-refractivity contribution in [2.75, 3.05) is 23.1 Å². The van der Waals surface area contributed by atoms with Gasteiger partial charge in [0.1, 0.15) is 0 Å². The smallest absolute Gasteiger partial charge is 0.261 e. The molecular weight excluding hydrogens is 434 g/mol. The molecule has 160 valence electrons. The van der Waals surface area contributed by atoms with Gasteiger partial charge in [0, 0.05) is 30.4 Å². The van der Waals surface area contributed by atoms with Gasteiger partial charge >= 0.3 is 0 Å². The van der Waals surface area contributed by atoms with Crippen molar-refractivity contribution in [3.63, 3.8) is 0 Å². The van der Waals surface area contributed by atoms with Gasteiger partial charge < -0.3 is 10.2 Å². The van der Waals surface area contributed by atoms with Crippen molar-refractivity contribution in [1.82, 2.24) is 4.90 Å². The second kappa shape index (κ2) is 8.99. The molecule has 0 radical (unpaired) electrons. The summed E-state index contributed by atoms with van der Waals surface area (Å²) >= 11 is 6.06. The Morgan fingerprint density at radius 1 is 0.968 bits per heavy atom. The number of hydrogen-bond donors (Lipinski definition) is 2. The van der Waals surface area contributed by atoms with Crippen molar-refractivity contribution in [2.24, 2.45) is 0 Å². The molecule has 4 rings (SSSR count). The number of nitrogens with one attached hydrogen (secondary N) is 2. The third kappa shape index (κ3) is 5.00. The number of benzene rings is 3. The van der Waals surface area contributed by atoms with Crippen LogP contribution in [0.1, 0.15) is 16.8 Å². The minimum atomic E-state index is -3.88. The molecule has 1 aliphatic heterocycles. The summed E-state index contributed by atoms with van der Waals surface area (Å²) in [6.45, 7) is 1.17. The van der Waals surface area contributed by atoms with Gasteiger partial charge in [-0.1, -0.05) is 48.0 Å². The molecule has 1 unspecified atom stereocenters. The average Bonchev–Trinajstić information content (AvgIpc) is 3.24. The second-order valence-electron chi connectivity index (χ2n) is 7.36. The van der Waals surface area contributed by atoms with Crippen LogP contribution in [0.4, 0.5) is 11.4 Å². The van der Waals surface area contributed by atoms with Gasteiger partial charge in [0.25, 0.3) is 15.9 Å². The number of anilines is 2. The number of carbonyl (C=O) groups is 1. The van der Waals surface area contributed by atoms with Crippen LogP contribution in [0, 0.1) is 0 Å². The molecular formula is C23H22ClN3O3S. The maximum atomic E-state index is 13.0. The molecule has 3 aromatic rings. The highest BCUT2D eigenvalue weighted by Gasteiger charge is 2.27. The number of nitrogens with zero attached hydrogens (tertiary/aromatic N) is 1. The van der Waals surface area contributed by atoms with Crippen LogP contribution in [-0.4, -0.2) is 38.4 Å². The molecule has 0 aromatic heterocycles. The molecule has 0 aliphatic carbocycles. The summed E-state index contributed by atoms with van der Waals surface area (Å²) in [4.78, 5) is 14.8. The lowest BCUT2D eigenvalue weighted by molar-refractivity contribution is 0.0791. The first-order chi connectivity index (χ1) is 14.9. The Labute approximate surface area is 186 Å². The van der Waals surface area contributed by atoms with Crippen LogP contribution in [-0.2, 0) is 10.0 Å². The standard InChI is InChI=1S/C23H22ClN3O3S/c24-21-11-4-5-12-22(21)26-31(29,30)20-10-6-7-17(15-20)23(28)27-14-13-19(16-27)25-18-8-2-1-3-9-18/h1-12,15,19,25-26H,13-14,16H2. The topological polar surface area (TPSA) is 78.5 Å². The Kier molecular flexibility index (Phi) is 6.15. The Hall–Kier alpha value is -3.03. The van der Waals surface area contributed by atoms with Gasteiger partial charge in [-0.15, -0.1) is 0 Å². The molecule has 31 heavy (non-hydrogen) atoms.